The van der Waals surface area contributed by atoms with E-state index >= 15 is 0 Å². The molecule has 2 fully saturated rings. The Labute approximate surface area is 87.3 Å². The molecule has 2 aliphatic carbocycles. The number of hydrogen-bond acceptors (Lipinski definition) is 1. The SMILES string of the molecule is CCC(=O)C1CCC2CCCCC2C1. The minimum absolute atomic E-state index is 0.430. The quantitative estimate of drug-likeness (QED) is 0.656. The maximum absolute atomic E-state index is 11.6. The highest BCUT2D eigenvalue weighted by Crippen LogP contribution is 2.42. The van der Waals surface area contributed by atoms with E-state index in [1.54, 1.807) is 0 Å². The molecule has 0 aromatic heterocycles. The van der Waals surface area contributed by atoms with Crippen molar-refractivity contribution in [3.05, 3.63) is 0 Å². The molecule has 0 amide bonds. The Hall–Kier alpha value is -0.330. The Bertz CT molecular complexity index is 209. The van der Waals surface area contributed by atoms with Crippen molar-refractivity contribution in [2.75, 3.05) is 0 Å². The molecule has 0 radical (unpaired) electrons. The van der Waals surface area contributed by atoms with Gasteiger partial charge in [0, 0.05) is 12.3 Å². The van der Waals surface area contributed by atoms with Gasteiger partial charge in [-0.3, -0.25) is 4.79 Å². The largest absolute Gasteiger partial charge is 0.299 e. The van der Waals surface area contributed by atoms with Crippen LogP contribution in [0.1, 0.15) is 58.3 Å². The van der Waals surface area contributed by atoms with Crippen LogP contribution in [0.2, 0.25) is 0 Å². The van der Waals surface area contributed by atoms with Gasteiger partial charge in [0.05, 0.1) is 0 Å². The Balaban J connectivity index is 1.92. The zero-order chi connectivity index (χ0) is 9.97. The summed E-state index contributed by atoms with van der Waals surface area (Å²) >= 11 is 0. The second-order valence-electron chi connectivity index (χ2n) is 5.13. The van der Waals surface area contributed by atoms with Crippen molar-refractivity contribution in [3.63, 3.8) is 0 Å². The first kappa shape index (κ1) is 10.2. The molecule has 2 saturated carbocycles. The molecule has 3 unspecified atom stereocenters. The lowest BCUT2D eigenvalue weighted by molar-refractivity contribution is -0.124. The van der Waals surface area contributed by atoms with E-state index in [-0.39, 0.29) is 0 Å². The van der Waals surface area contributed by atoms with Crippen molar-refractivity contribution in [3.8, 4) is 0 Å². The van der Waals surface area contributed by atoms with Gasteiger partial charge in [-0.25, -0.2) is 0 Å². The summed E-state index contributed by atoms with van der Waals surface area (Å²) in [4.78, 5) is 11.6. The van der Waals surface area contributed by atoms with Gasteiger partial charge < -0.3 is 0 Å². The van der Waals surface area contributed by atoms with Gasteiger partial charge in [0.25, 0.3) is 0 Å². The number of ketones is 1. The first-order valence-corrected chi connectivity index (χ1v) is 6.34. The molecule has 80 valence electrons. The highest BCUT2D eigenvalue weighted by molar-refractivity contribution is 5.80. The van der Waals surface area contributed by atoms with Crippen LogP contribution in [0.4, 0.5) is 0 Å². The smallest absolute Gasteiger partial charge is 0.135 e. The molecular formula is C13H22O. The van der Waals surface area contributed by atoms with E-state index in [1.807, 2.05) is 6.92 Å². The molecule has 1 nitrogen and oxygen atoms in total. The Morgan fingerprint density at radius 2 is 1.79 bits per heavy atom. The van der Waals surface area contributed by atoms with Crippen molar-refractivity contribution >= 4 is 5.78 Å². The number of carbonyl (C=O) groups is 1. The van der Waals surface area contributed by atoms with Crippen molar-refractivity contribution in [1.29, 1.82) is 0 Å². The summed E-state index contributed by atoms with van der Waals surface area (Å²) in [6, 6.07) is 0. The van der Waals surface area contributed by atoms with Crippen LogP contribution in [-0.4, -0.2) is 5.78 Å². The minimum atomic E-state index is 0.430. The zero-order valence-electron chi connectivity index (χ0n) is 9.30. The van der Waals surface area contributed by atoms with Gasteiger partial charge in [-0.1, -0.05) is 32.6 Å². The lowest BCUT2D eigenvalue weighted by Crippen LogP contribution is -2.30. The van der Waals surface area contributed by atoms with Crippen molar-refractivity contribution < 1.29 is 4.79 Å². The Morgan fingerprint density at radius 1 is 1.07 bits per heavy atom. The molecule has 0 N–H and O–H groups in total. The zero-order valence-corrected chi connectivity index (χ0v) is 9.30. The lowest BCUT2D eigenvalue weighted by atomic mass is 9.66. The van der Waals surface area contributed by atoms with E-state index in [2.05, 4.69) is 0 Å². The van der Waals surface area contributed by atoms with Crippen LogP contribution >= 0.6 is 0 Å². The van der Waals surface area contributed by atoms with E-state index in [9.17, 15) is 4.79 Å². The van der Waals surface area contributed by atoms with Crippen molar-refractivity contribution in [2.24, 2.45) is 17.8 Å². The standard InChI is InChI=1S/C13H22O/c1-2-13(14)12-8-7-10-5-3-4-6-11(10)9-12/h10-12H,2-9H2,1H3. The number of fused-ring (bicyclic) bond motifs is 1. The molecule has 0 aliphatic heterocycles. The van der Waals surface area contributed by atoms with E-state index < -0.39 is 0 Å². The number of Topliss-reactive ketones (excluding diaryl/α,β-unsaturated/α-hetero) is 1. The summed E-state index contributed by atoms with van der Waals surface area (Å²) in [5.74, 6) is 2.83. The van der Waals surface area contributed by atoms with E-state index in [0.29, 0.717) is 11.7 Å². The van der Waals surface area contributed by atoms with E-state index in [1.165, 1.54) is 44.9 Å². The fraction of sp³-hybridized carbons (Fsp3) is 0.923. The number of hydrogen-bond donors (Lipinski definition) is 0. The second-order valence-corrected chi connectivity index (χ2v) is 5.13. The van der Waals surface area contributed by atoms with Crippen LogP contribution in [0.3, 0.4) is 0 Å². The minimum Gasteiger partial charge on any atom is -0.299 e. The van der Waals surface area contributed by atoms with Crippen molar-refractivity contribution in [2.45, 2.75) is 58.3 Å². The molecule has 2 rings (SSSR count). The average Bonchev–Trinajstić information content (AvgIpc) is 2.27. The van der Waals surface area contributed by atoms with Gasteiger partial charge in [-0.15, -0.1) is 0 Å². The van der Waals surface area contributed by atoms with Gasteiger partial charge in [0.15, 0.2) is 0 Å². The lowest BCUT2D eigenvalue weighted by Gasteiger charge is -2.38. The highest BCUT2D eigenvalue weighted by atomic mass is 16.1. The fourth-order valence-electron chi connectivity index (χ4n) is 3.45. The topological polar surface area (TPSA) is 17.1 Å². The predicted molar refractivity (Wildman–Crippen MR) is 58.1 cm³/mol. The molecule has 0 aromatic carbocycles. The van der Waals surface area contributed by atoms with Crippen LogP contribution in [-0.2, 0) is 4.79 Å². The average molecular weight is 194 g/mol. The fourth-order valence-corrected chi connectivity index (χ4v) is 3.45. The van der Waals surface area contributed by atoms with Crippen LogP contribution in [0, 0.1) is 17.8 Å². The normalized spacial score (nSPS) is 37.6. The van der Waals surface area contributed by atoms with Gasteiger partial charge >= 0.3 is 0 Å². The molecule has 0 spiro atoms. The molecule has 14 heavy (non-hydrogen) atoms. The van der Waals surface area contributed by atoms with E-state index in [4.69, 9.17) is 0 Å². The van der Waals surface area contributed by atoms with E-state index in [0.717, 1.165) is 18.3 Å². The van der Waals surface area contributed by atoms with Gasteiger partial charge in [-0.05, 0) is 31.1 Å². The summed E-state index contributed by atoms with van der Waals surface area (Å²) < 4.78 is 0. The summed E-state index contributed by atoms with van der Waals surface area (Å²) in [6.45, 7) is 2.01. The molecular weight excluding hydrogens is 172 g/mol. The first-order valence-electron chi connectivity index (χ1n) is 6.34. The molecule has 1 heteroatoms. The number of carbonyl (C=O) groups excluding carboxylic acids is 1. The van der Waals surface area contributed by atoms with Gasteiger partial charge in [0.1, 0.15) is 5.78 Å². The van der Waals surface area contributed by atoms with Gasteiger partial charge in [-0.2, -0.15) is 0 Å². The molecule has 0 aromatic rings. The third-order valence-electron chi connectivity index (χ3n) is 4.34. The van der Waals surface area contributed by atoms with Crippen LogP contribution in [0.15, 0.2) is 0 Å². The third kappa shape index (κ3) is 2.02. The molecule has 0 saturated heterocycles. The summed E-state index contributed by atoms with van der Waals surface area (Å²) in [7, 11) is 0. The number of rotatable bonds is 2. The monoisotopic (exact) mass is 194 g/mol. The highest BCUT2D eigenvalue weighted by Gasteiger charge is 2.34. The molecule has 3 atom stereocenters. The molecule has 0 heterocycles. The third-order valence-corrected chi connectivity index (χ3v) is 4.34. The predicted octanol–water partition coefficient (Wildman–Crippen LogP) is 3.57. The molecule has 0 bridgehead atoms. The molecule has 2 aliphatic rings. The van der Waals surface area contributed by atoms with Crippen molar-refractivity contribution in [1.82, 2.24) is 0 Å². The Morgan fingerprint density at radius 3 is 2.50 bits per heavy atom. The summed E-state index contributed by atoms with van der Waals surface area (Å²) in [5.41, 5.74) is 0. The van der Waals surface area contributed by atoms with Gasteiger partial charge in [0.2, 0.25) is 0 Å². The van der Waals surface area contributed by atoms with Crippen LogP contribution in [0.5, 0.6) is 0 Å². The van der Waals surface area contributed by atoms with Crippen LogP contribution in [0.25, 0.3) is 0 Å². The maximum atomic E-state index is 11.6. The Kier molecular flexibility index (Phi) is 3.25. The summed E-state index contributed by atoms with van der Waals surface area (Å²) in [5, 5.41) is 0. The first-order chi connectivity index (χ1) is 6.81. The summed E-state index contributed by atoms with van der Waals surface area (Å²) in [6.07, 6.45) is 10.2. The van der Waals surface area contributed by atoms with Crippen LogP contribution < -0.4 is 0 Å². The second kappa shape index (κ2) is 4.46. The maximum Gasteiger partial charge on any atom is 0.135 e.